The fraction of sp³-hybridized carbons (Fsp3) is 0.304. The summed E-state index contributed by atoms with van der Waals surface area (Å²) in [6, 6.07) is 15.6. The number of thioether (sulfide) groups is 1. The van der Waals surface area contributed by atoms with Crippen molar-refractivity contribution in [3.8, 4) is 22.8 Å². The van der Waals surface area contributed by atoms with Crippen LogP contribution in [0.15, 0.2) is 53.1 Å². The fourth-order valence-electron chi connectivity index (χ4n) is 2.85. The van der Waals surface area contributed by atoms with E-state index in [9.17, 15) is 4.79 Å². The third-order valence-electron chi connectivity index (χ3n) is 4.67. The summed E-state index contributed by atoms with van der Waals surface area (Å²) in [5.74, 6) is 2.59. The summed E-state index contributed by atoms with van der Waals surface area (Å²) in [5, 5.41) is 6.87. The standard InChI is InChI=1S/C23H26N2O4S/c1-15-5-8-18(9-6-15)20-12-19(29-25-20)14-30-16(2)23(26)24-13-17-7-10-21(27-3)22(11-17)28-4/h5-12,16H,13-14H2,1-4H3,(H,24,26). The average molecular weight is 427 g/mol. The Morgan fingerprint density at radius 2 is 1.83 bits per heavy atom. The van der Waals surface area contributed by atoms with E-state index in [4.69, 9.17) is 14.0 Å². The molecule has 2 aromatic carbocycles. The number of carbonyl (C=O) groups excluding carboxylic acids is 1. The van der Waals surface area contributed by atoms with Crippen molar-refractivity contribution in [1.29, 1.82) is 0 Å². The largest absolute Gasteiger partial charge is 0.493 e. The molecule has 1 heterocycles. The second-order valence-corrected chi connectivity index (χ2v) is 8.23. The van der Waals surface area contributed by atoms with E-state index in [1.54, 1.807) is 14.2 Å². The molecule has 1 N–H and O–H groups in total. The average Bonchev–Trinajstić information content (AvgIpc) is 3.25. The van der Waals surface area contributed by atoms with Crippen LogP contribution >= 0.6 is 11.8 Å². The molecule has 1 amide bonds. The summed E-state index contributed by atoms with van der Waals surface area (Å²) in [5.41, 5.74) is 3.96. The number of ether oxygens (including phenoxy) is 2. The number of hydrogen-bond donors (Lipinski definition) is 1. The minimum Gasteiger partial charge on any atom is -0.493 e. The Labute approximate surface area is 180 Å². The molecule has 1 unspecified atom stereocenters. The molecular formula is C23H26N2O4S. The van der Waals surface area contributed by atoms with Gasteiger partial charge in [0.25, 0.3) is 0 Å². The lowest BCUT2D eigenvalue weighted by atomic mass is 10.1. The molecule has 30 heavy (non-hydrogen) atoms. The van der Waals surface area contributed by atoms with Crippen molar-refractivity contribution in [3.63, 3.8) is 0 Å². The molecule has 0 aliphatic carbocycles. The van der Waals surface area contributed by atoms with Gasteiger partial charge in [0.15, 0.2) is 11.5 Å². The Morgan fingerprint density at radius 1 is 1.10 bits per heavy atom. The first-order valence-corrected chi connectivity index (χ1v) is 10.7. The third-order valence-corrected chi connectivity index (χ3v) is 5.83. The SMILES string of the molecule is COc1ccc(CNC(=O)C(C)SCc2cc(-c3ccc(C)cc3)no2)cc1OC. The maximum atomic E-state index is 12.4. The van der Waals surface area contributed by atoms with E-state index < -0.39 is 0 Å². The van der Waals surface area contributed by atoms with Crippen molar-refractivity contribution in [2.45, 2.75) is 31.4 Å². The molecule has 3 aromatic rings. The number of rotatable bonds is 9. The predicted octanol–water partition coefficient (Wildman–Crippen LogP) is 4.61. The zero-order valence-corrected chi connectivity index (χ0v) is 18.4. The second-order valence-electron chi connectivity index (χ2n) is 6.90. The molecule has 0 aliphatic heterocycles. The maximum absolute atomic E-state index is 12.4. The first kappa shape index (κ1) is 21.8. The number of nitrogens with zero attached hydrogens (tertiary/aromatic N) is 1. The lowest BCUT2D eigenvalue weighted by molar-refractivity contribution is -0.120. The van der Waals surface area contributed by atoms with Crippen LogP contribution in [0.5, 0.6) is 11.5 Å². The minimum atomic E-state index is -0.224. The van der Waals surface area contributed by atoms with Gasteiger partial charge in [-0.1, -0.05) is 41.1 Å². The van der Waals surface area contributed by atoms with Gasteiger partial charge in [0.1, 0.15) is 11.5 Å². The normalized spacial score (nSPS) is 11.7. The van der Waals surface area contributed by atoms with Gasteiger partial charge in [0.2, 0.25) is 5.91 Å². The van der Waals surface area contributed by atoms with Gasteiger partial charge in [0, 0.05) is 18.2 Å². The summed E-state index contributed by atoms with van der Waals surface area (Å²) >= 11 is 1.51. The van der Waals surface area contributed by atoms with Crippen LogP contribution in [0.1, 0.15) is 23.8 Å². The van der Waals surface area contributed by atoms with Crippen molar-refractivity contribution in [1.82, 2.24) is 10.5 Å². The highest BCUT2D eigenvalue weighted by atomic mass is 32.2. The molecule has 0 saturated carbocycles. The van der Waals surface area contributed by atoms with Crippen LogP contribution in [0.2, 0.25) is 0 Å². The Bertz CT molecular complexity index is 985. The molecule has 1 aromatic heterocycles. The topological polar surface area (TPSA) is 73.6 Å². The number of carbonyl (C=O) groups is 1. The molecule has 158 valence electrons. The summed E-state index contributed by atoms with van der Waals surface area (Å²) < 4.78 is 16.0. The number of benzene rings is 2. The number of hydrogen-bond acceptors (Lipinski definition) is 6. The van der Waals surface area contributed by atoms with E-state index in [1.807, 2.05) is 62.4 Å². The zero-order valence-electron chi connectivity index (χ0n) is 17.6. The van der Waals surface area contributed by atoms with Crippen LogP contribution in [-0.4, -0.2) is 30.5 Å². The van der Waals surface area contributed by atoms with Crippen molar-refractivity contribution in [2.24, 2.45) is 0 Å². The van der Waals surface area contributed by atoms with Crippen molar-refractivity contribution in [2.75, 3.05) is 14.2 Å². The molecule has 0 aliphatic rings. The fourth-order valence-corrected chi connectivity index (χ4v) is 3.63. The number of aromatic nitrogens is 1. The lowest BCUT2D eigenvalue weighted by Crippen LogP contribution is -2.30. The molecule has 7 heteroatoms. The van der Waals surface area contributed by atoms with E-state index in [0.29, 0.717) is 23.8 Å². The smallest absolute Gasteiger partial charge is 0.233 e. The van der Waals surface area contributed by atoms with E-state index in [-0.39, 0.29) is 11.2 Å². The van der Waals surface area contributed by atoms with Crippen LogP contribution in [0.3, 0.4) is 0 Å². The van der Waals surface area contributed by atoms with Gasteiger partial charge < -0.3 is 19.3 Å². The Kier molecular flexibility index (Phi) is 7.41. The van der Waals surface area contributed by atoms with E-state index in [2.05, 4.69) is 10.5 Å². The van der Waals surface area contributed by atoms with Gasteiger partial charge in [0.05, 0.1) is 25.2 Å². The van der Waals surface area contributed by atoms with Crippen molar-refractivity contribution >= 4 is 17.7 Å². The molecule has 0 spiro atoms. The molecule has 0 radical (unpaired) electrons. The molecule has 0 bridgehead atoms. The quantitative estimate of drug-likeness (QED) is 0.539. The first-order valence-electron chi connectivity index (χ1n) is 9.63. The van der Waals surface area contributed by atoms with Gasteiger partial charge in [-0.2, -0.15) is 0 Å². The summed E-state index contributed by atoms with van der Waals surface area (Å²) in [6.45, 7) is 4.35. The molecule has 3 rings (SSSR count). The second kappa shape index (κ2) is 10.2. The van der Waals surface area contributed by atoms with Gasteiger partial charge in [-0.05, 0) is 31.5 Å². The molecule has 0 fully saturated rings. The number of amides is 1. The van der Waals surface area contributed by atoms with E-state index in [0.717, 1.165) is 22.6 Å². The lowest BCUT2D eigenvalue weighted by Gasteiger charge is -2.13. The monoisotopic (exact) mass is 426 g/mol. The highest BCUT2D eigenvalue weighted by Crippen LogP contribution is 2.28. The molecule has 1 atom stereocenters. The van der Waals surface area contributed by atoms with Crippen LogP contribution in [0.25, 0.3) is 11.3 Å². The van der Waals surface area contributed by atoms with Gasteiger partial charge in [-0.25, -0.2) is 0 Å². The van der Waals surface area contributed by atoms with Crippen LogP contribution < -0.4 is 14.8 Å². The van der Waals surface area contributed by atoms with E-state index >= 15 is 0 Å². The predicted molar refractivity (Wildman–Crippen MR) is 119 cm³/mol. The van der Waals surface area contributed by atoms with Crippen LogP contribution in [0, 0.1) is 6.92 Å². The highest BCUT2D eigenvalue weighted by molar-refractivity contribution is 7.99. The van der Waals surface area contributed by atoms with Gasteiger partial charge in [-0.3, -0.25) is 4.79 Å². The van der Waals surface area contributed by atoms with Crippen molar-refractivity contribution < 1.29 is 18.8 Å². The number of nitrogens with one attached hydrogen (secondary N) is 1. The first-order chi connectivity index (χ1) is 14.5. The summed E-state index contributed by atoms with van der Waals surface area (Å²) in [6.07, 6.45) is 0. The summed E-state index contributed by atoms with van der Waals surface area (Å²) in [4.78, 5) is 12.4. The number of aryl methyl sites for hydroxylation is 1. The Hall–Kier alpha value is -2.93. The number of methoxy groups -OCH3 is 2. The summed E-state index contributed by atoms with van der Waals surface area (Å²) in [7, 11) is 3.18. The molecule has 0 saturated heterocycles. The van der Waals surface area contributed by atoms with Crippen molar-refractivity contribution in [3.05, 3.63) is 65.4 Å². The highest BCUT2D eigenvalue weighted by Gasteiger charge is 2.15. The Balaban J connectivity index is 1.50. The third kappa shape index (κ3) is 5.57. The maximum Gasteiger partial charge on any atom is 0.233 e. The molecule has 6 nitrogen and oxygen atoms in total. The van der Waals surface area contributed by atoms with Gasteiger partial charge >= 0.3 is 0 Å². The van der Waals surface area contributed by atoms with E-state index in [1.165, 1.54) is 17.3 Å². The minimum absolute atomic E-state index is 0.0342. The van der Waals surface area contributed by atoms with Gasteiger partial charge in [-0.15, -0.1) is 11.8 Å². The van der Waals surface area contributed by atoms with Crippen LogP contribution in [-0.2, 0) is 17.1 Å². The Morgan fingerprint density at radius 3 is 2.53 bits per heavy atom. The zero-order chi connectivity index (χ0) is 21.5. The van der Waals surface area contributed by atoms with Crippen LogP contribution in [0.4, 0.5) is 0 Å². The molecular weight excluding hydrogens is 400 g/mol.